The molecule has 38 heavy (non-hydrogen) atoms. The molecule has 0 saturated heterocycles. The van der Waals surface area contributed by atoms with E-state index < -0.39 is 12.8 Å². The van der Waals surface area contributed by atoms with Gasteiger partial charge in [-0.3, -0.25) is 4.79 Å². The lowest BCUT2D eigenvalue weighted by atomic mass is 9.81. The van der Waals surface area contributed by atoms with Crippen LogP contribution in [0.3, 0.4) is 0 Å². The first-order valence-corrected chi connectivity index (χ1v) is 13.9. The van der Waals surface area contributed by atoms with Crippen molar-refractivity contribution in [1.82, 2.24) is 14.9 Å². The highest BCUT2D eigenvalue weighted by atomic mass is 32.1. The van der Waals surface area contributed by atoms with E-state index >= 15 is 0 Å². The summed E-state index contributed by atoms with van der Waals surface area (Å²) in [6.07, 6.45) is 4.43. The van der Waals surface area contributed by atoms with Gasteiger partial charge in [-0.05, 0) is 75.1 Å². The molecule has 3 aromatic rings. The summed E-state index contributed by atoms with van der Waals surface area (Å²) >= 11 is 1.24. The maximum atomic E-state index is 12.5. The fourth-order valence-corrected chi connectivity index (χ4v) is 6.17. The first-order valence-electron chi connectivity index (χ1n) is 13.1. The van der Waals surface area contributed by atoms with E-state index in [-0.39, 0.29) is 11.1 Å². The SMILES string of the molecule is Cc1nc2ccc(C(=O)N=CC3CCC(CCN4CCc5nc(OCC(F)(F)F)sc5CC4)CC3)cc2o1. The minimum absolute atomic E-state index is 0.119. The van der Waals surface area contributed by atoms with Crippen LogP contribution in [0.2, 0.25) is 0 Å². The summed E-state index contributed by atoms with van der Waals surface area (Å²) < 4.78 is 47.5. The van der Waals surface area contributed by atoms with Gasteiger partial charge in [-0.15, -0.1) is 0 Å². The van der Waals surface area contributed by atoms with Crippen LogP contribution in [0.4, 0.5) is 13.2 Å². The molecule has 2 aliphatic rings. The third-order valence-corrected chi connectivity index (χ3v) is 8.40. The van der Waals surface area contributed by atoms with E-state index in [0.717, 1.165) is 80.7 Å². The van der Waals surface area contributed by atoms with Crippen LogP contribution >= 0.6 is 11.3 Å². The number of oxazole rings is 1. The molecule has 1 saturated carbocycles. The second-order valence-corrected chi connectivity index (χ2v) is 11.2. The van der Waals surface area contributed by atoms with Gasteiger partial charge >= 0.3 is 6.18 Å². The number of fused-ring (bicyclic) bond motifs is 2. The van der Waals surface area contributed by atoms with Crippen molar-refractivity contribution in [2.24, 2.45) is 16.8 Å². The summed E-state index contributed by atoms with van der Waals surface area (Å²) in [7, 11) is 0. The summed E-state index contributed by atoms with van der Waals surface area (Å²) in [5.74, 6) is 1.29. The van der Waals surface area contributed by atoms with Crippen LogP contribution in [0, 0.1) is 18.8 Å². The number of alkyl halides is 3. The number of rotatable bonds is 7. The van der Waals surface area contributed by atoms with E-state index in [2.05, 4.69) is 19.9 Å². The van der Waals surface area contributed by atoms with E-state index in [1.165, 1.54) is 11.3 Å². The Morgan fingerprint density at radius 1 is 1.21 bits per heavy atom. The third kappa shape index (κ3) is 6.99. The van der Waals surface area contributed by atoms with E-state index in [1.54, 1.807) is 25.1 Å². The van der Waals surface area contributed by atoms with Gasteiger partial charge in [-0.2, -0.15) is 13.2 Å². The molecule has 0 bridgehead atoms. The molecule has 0 atom stereocenters. The lowest BCUT2D eigenvalue weighted by Gasteiger charge is -2.28. The Balaban J connectivity index is 1.03. The molecule has 0 unspecified atom stereocenters. The van der Waals surface area contributed by atoms with Crippen molar-refractivity contribution in [2.75, 3.05) is 26.2 Å². The van der Waals surface area contributed by atoms with Gasteiger partial charge < -0.3 is 14.1 Å². The fraction of sp³-hybridized carbons (Fsp3) is 0.556. The number of aromatic nitrogens is 2. The number of benzene rings is 1. The molecule has 204 valence electrons. The molecule has 7 nitrogen and oxygen atoms in total. The second-order valence-electron chi connectivity index (χ2n) is 10.2. The van der Waals surface area contributed by atoms with E-state index in [1.807, 2.05) is 6.21 Å². The maximum absolute atomic E-state index is 12.5. The number of thiazole rings is 1. The Labute approximate surface area is 223 Å². The molecule has 1 aliphatic carbocycles. The molecule has 0 N–H and O–H groups in total. The first kappa shape index (κ1) is 26.8. The van der Waals surface area contributed by atoms with Crippen LogP contribution in [0.15, 0.2) is 27.6 Å². The molecule has 0 spiro atoms. The number of halogens is 3. The Hall–Kier alpha value is -2.79. The summed E-state index contributed by atoms with van der Waals surface area (Å²) in [5, 5.41) is 0.119. The molecule has 1 aliphatic heterocycles. The predicted molar refractivity (Wildman–Crippen MR) is 139 cm³/mol. The third-order valence-electron chi connectivity index (χ3n) is 7.33. The molecule has 5 rings (SSSR count). The van der Waals surface area contributed by atoms with Gasteiger partial charge in [0, 0.05) is 43.1 Å². The number of carbonyl (C=O) groups excluding carboxylic acids is 1. The van der Waals surface area contributed by atoms with E-state index in [9.17, 15) is 18.0 Å². The Morgan fingerprint density at radius 2 is 2.00 bits per heavy atom. The highest BCUT2D eigenvalue weighted by Gasteiger charge is 2.30. The normalized spacial score (nSPS) is 21.1. The van der Waals surface area contributed by atoms with Crippen molar-refractivity contribution in [1.29, 1.82) is 0 Å². The van der Waals surface area contributed by atoms with Gasteiger partial charge in [0.1, 0.15) is 5.52 Å². The molecular weight excluding hydrogens is 517 g/mol. The van der Waals surface area contributed by atoms with Crippen LogP contribution in [-0.4, -0.2) is 59.4 Å². The lowest BCUT2D eigenvalue weighted by Crippen LogP contribution is -2.29. The average Bonchev–Trinajstić information content (AvgIpc) is 3.41. The summed E-state index contributed by atoms with van der Waals surface area (Å²) in [5.41, 5.74) is 2.71. The van der Waals surface area contributed by atoms with Crippen molar-refractivity contribution >= 4 is 34.6 Å². The zero-order valence-corrected chi connectivity index (χ0v) is 22.1. The van der Waals surface area contributed by atoms with Crippen LogP contribution in [-0.2, 0) is 12.8 Å². The molecule has 1 amide bonds. The number of nitrogens with zero attached hydrogens (tertiary/aromatic N) is 4. The van der Waals surface area contributed by atoms with E-state index in [0.29, 0.717) is 28.9 Å². The molecule has 0 radical (unpaired) electrons. The molecule has 11 heteroatoms. The number of aliphatic imine (C=N–C) groups is 1. The summed E-state index contributed by atoms with van der Waals surface area (Å²) in [6.45, 7) is 3.24. The number of hydrogen-bond acceptors (Lipinski definition) is 7. The molecular formula is C27H31F3N4O3S. The first-order chi connectivity index (χ1) is 18.2. The number of ether oxygens (including phenoxy) is 1. The van der Waals surface area contributed by atoms with Gasteiger partial charge in [0.15, 0.2) is 18.1 Å². The van der Waals surface area contributed by atoms with Gasteiger partial charge in [-0.1, -0.05) is 11.3 Å². The average molecular weight is 549 g/mol. The van der Waals surface area contributed by atoms with Crippen LogP contribution < -0.4 is 4.74 Å². The smallest absolute Gasteiger partial charge is 0.422 e. The van der Waals surface area contributed by atoms with Crippen LogP contribution in [0.25, 0.3) is 11.1 Å². The van der Waals surface area contributed by atoms with Gasteiger partial charge in [0.2, 0.25) is 0 Å². The lowest BCUT2D eigenvalue weighted by molar-refractivity contribution is -0.153. The minimum Gasteiger partial charge on any atom is -0.460 e. The fourth-order valence-electron chi connectivity index (χ4n) is 5.23. The molecule has 1 aromatic carbocycles. The van der Waals surface area contributed by atoms with Crippen molar-refractivity contribution in [3.8, 4) is 5.19 Å². The number of hydrogen-bond donors (Lipinski definition) is 0. The molecule has 2 aromatic heterocycles. The number of amides is 1. The Bertz CT molecular complexity index is 1270. The zero-order valence-electron chi connectivity index (χ0n) is 21.3. The quantitative estimate of drug-likeness (QED) is 0.335. The second kappa shape index (κ2) is 11.5. The van der Waals surface area contributed by atoms with Crippen LogP contribution in [0.1, 0.15) is 58.9 Å². The number of carbonyl (C=O) groups is 1. The van der Waals surface area contributed by atoms with Gasteiger partial charge in [0.05, 0.1) is 5.69 Å². The van der Waals surface area contributed by atoms with Gasteiger partial charge in [-0.25, -0.2) is 15.0 Å². The minimum atomic E-state index is -4.35. The molecule has 1 fully saturated rings. The summed E-state index contributed by atoms with van der Waals surface area (Å²) in [6, 6.07) is 5.22. The van der Waals surface area contributed by atoms with Crippen molar-refractivity contribution in [3.05, 3.63) is 40.2 Å². The van der Waals surface area contributed by atoms with Crippen molar-refractivity contribution in [2.45, 2.75) is 58.0 Å². The zero-order chi connectivity index (χ0) is 26.7. The Morgan fingerprint density at radius 3 is 2.79 bits per heavy atom. The van der Waals surface area contributed by atoms with Gasteiger partial charge in [0.25, 0.3) is 11.1 Å². The van der Waals surface area contributed by atoms with E-state index in [4.69, 9.17) is 9.15 Å². The Kier molecular flexibility index (Phi) is 8.13. The number of aryl methyl sites for hydroxylation is 1. The van der Waals surface area contributed by atoms with Crippen LogP contribution in [0.5, 0.6) is 5.19 Å². The largest absolute Gasteiger partial charge is 0.460 e. The highest BCUT2D eigenvalue weighted by Crippen LogP contribution is 2.32. The maximum Gasteiger partial charge on any atom is 0.422 e. The monoisotopic (exact) mass is 548 g/mol. The molecule has 3 heterocycles. The van der Waals surface area contributed by atoms with Crippen molar-refractivity contribution < 1.29 is 27.1 Å². The highest BCUT2D eigenvalue weighted by molar-refractivity contribution is 7.13. The predicted octanol–water partition coefficient (Wildman–Crippen LogP) is 6.04. The standard InChI is InChI=1S/C27H31F3N4O3S/c1-17-32-21-7-6-20(14-23(21)37-17)25(35)31-15-19-4-2-18(3-5-19)8-11-34-12-9-22-24(10-13-34)38-26(33-22)36-16-27(28,29)30/h6-7,14-15,18-19H,2-5,8-13,16H2,1H3. The topological polar surface area (TPSA) is 80.8 Å². The van der Waals surface area contributed by atoms with Crippen molar-refractivity contribution in [3.63, 3.8) is 0 Å². The summed E-state index contributed by atoms with van der Waals surface area (Å²) in [4.78, 5) is 28.8.